The lowest BCUT2D eigenvalue weighted by atomic mass is 9.95. The van der Waals surface area contributed by atoms with Gasteiger partial charge >= 0.3 is 11.2 Å². The second kappa shape index (κ2) is 5.15. The first-order valence-electron chi connectivity index (χ1n) is 4.73. The third-order valence-electron chi connectivity index (χ3n) is 2.38. The number of rotatable bonds is 3. The number of halogens is 2. The van der Waals surface area contributed by atoms with Crippen LogP contribution < -0.4 is 0 Å². The number of aliphatic hydroxyl groups excluding tert-OH is 1. The molecule has 0 aliphatic heterocycles. The summed E-state index contributed by atoms with van der Waals surface area (Å²) in [5, 5.41) is 4.91. The summed E-state index contributed by atoms with van der Waals surface area (Å²) in [6.07, 6.45) is 0.0314. The molecule has 16 heavy (non-hydrogen) atoms. The third-order valence-corrected chi connectivity index (χ3v) is 2.99. The topological polar surface area (TPSA) is 83.8 Å². The molecule has 0 amide bonds. The van der Waals surface area contributed by atoms with E-state index in [2.05, 4.69) is 4.74 Å². The maximum absolute atomic E-state index is 12.7. The van der Waals surface area contributed by atoms with E-state index in [0.717, 1.165) is 6.42 Å². The molecule has 3 unspecified atom stereocenters. The Bertz CT molecular complexity index is 296. The Morgan fingerprint density at radius 2 is 1.94 bits per heavy atom. The van der Waals surface area contributed by atoms with Gasteiger partial charge in [-0.3, -0.25) is 0 Å². The molecule has 1 saturated carbocycles. The van der Waals surface area contributed by atoms with Crippen LogP contribution in [0.25, 0.3) is 0 Å². The quantitative estimate of drug-likeness (QED) is 0.573. The van der Waals surface area contributed by atoms with E-state index in [9.17, 15) is 22.9 Å². The molecule has 0 aromatic carbocycles. The average Bonchev–Trinajstić information content (AvgIpc) is 2.21. The van der Waals surface area contributed by atoms with Crippen molar-refractivity contribution in [2.75, 3.05) is 0 Å². The van der Waals surface area contributed by atoms with E-state index in [1.165, 1.54) is 0 Å². The Morgan fingerprint density at radius 3 is 2.44 bits per heavy atom. The zero-order valence-electron chi connectivity index (χ0n) is 8.27. The highest BCUT2D eigenvalue weighted by Gasteiger charge is 2.49. The van der Waals surface area contributed by atoms with Crippen molar-refractivity contribution in [1.82, 2.24) is 0 Å². The van der Waals surface area contributed by atoms with Gasteiger partial charge in [0.05, 0.1) is 6.10 Å². The van der Waals surface area contributed by atoms with Crippen LogP contribution in [0.4, 0.5) is 8.78 Å². The Labute approximate surface area is 93.1 Å². The molecule has 1 rings (SSSR count). The van der Waals surface area contributed by atoms with Crippen LogP contribution in [0.1, 0.15) is 25.7 Å². The van der Waals surface area contributed by atoms with Crippen LogP contribution in [0.15, 0.2) is 0 Å². The van der Waals surface area contributed by atoms with Gasteiger partial charge < -0.3 is 14.4 Å². The first-order chi connectivity index (χ1) is 7.35. The Morgan fingerprint density at radius 1 is 1.38 bits per heavy atom. The minimum Gasteiger partial charge on any atom is -0.454 e. The minimum atomic E-state index is -4.45. The molecule has 8 heteroatoms. The molecule has 0 heterocycles. The second-order valence-electron chi connectivity index (χ2n) is 3.56. The van der Waals surface area contributed by atoms with Crippen LogP contribution in [0.5, 0.6) is 0 Å². The average molecular weight is 258 g/mol. The minimum absolute atomic E-state index is 0.279. The van der Waals surface area contributed by atoms with Crippen molar-refractivity contribution >= 4 is 17.0 Å². The highest BCUT2D eigenvalue weighted by atomic mass is 32.2. The molecule has 1 aliphatic rings. The number of aliphatic hydroxyl groups is 1. The van der Waals surface area contributed by atoms with Gasteiger partial charge in [0, 0.05) is 0 Å². The summed E-state index contributed by atoms with van der Waals surface area (Å²) in [6, 6.07) is 0. The third kappa shape index (κ3) is 2.96. The smallest absolute Gasteiger partial charge is 0.439 e. The van der Waals surface area contributed by atoms with Gasteiger partial charge in [-0.1, -0.05) is 6.42 Å². The summed E-state index contributed by atoms with van der Waals surface area (Å²) in [7, 11) is 0. The van der Waals surface area contributed by atoms with E-state index in [1.807, 2.05) is 0 Å². The fraction of sp³-hybridized carbons (Fsp3) is 0.875. The fourth-order valence-electron chi connectivity index (χ4n) is 1.49. The maximum atomic E-state index is 12.7. The molecular weight excluding hydrogens is 246 g/mol. The van der Waals surface area contributed by atoms with E-state index < -0.39 is 34.5 Å². The summed E-state index contributed by atoms with van der Waals surface area (Å²) in [5.74, 6) is -2.07. The zero-order chi connectivity index (χ0) is 12.3. The van der Waals surface area contributed by atoms with Gasteiger partial charge in [-0.15, -0.1) is 0 Å². The van der Waals surface area contributed by atoms with Gasteiger partial charge in [0.15, 0.2) is 0 Å². The van der Waals surface area contributed by atoms with Crippen LogP contribution in [0.3, 0.4) is 0 Å². The van der Waals surface area contributed by atoms with Gasteiger partial charge in [0.25, 0.3) is 0 Å². The summed E-state index contributed by atoms with van der Waals surface area (Å²) >= 11 is -3.61. The van der Waals surface area contributed by atoms with Crippen molar-refractivity contribution in [2.24, 2.45) is 0 Å². The lowest BCUT2D eigenvalue weighted by molar-refractivity contribution is -0.174. The Kier molecular flexibility index (Phi) is 4.34. The molecule has 0 aromatic rings. The number of carbonyl (C=O) groups is 1. The van der Waals surface area contributed by atoms with E-state index in [0.29, 0.717) is 12.8 Å². The lowest BCUT2D eigenvalue weighted by Gasteiger charge is -2.28. The number of hydrogen-bond acceptors (Lipinski definition) is 4. The molecule has 0 bridgehead atoms. The van der Waals surface area contributed by atoms with Crippen LogP contribution in [-0.2, 0) is 20.6 Å². The van der Waals surface area contributed by atoms with Gasteiger partial charge in [-0.25, -0.2) is 9.00 Å². The Hall–Kier alpha value is -0.600. The molecule has 0 saturated heterocycles. The summed E-state index contributed by atoms with van der Waals surface area (Å²) in [6.45, 7) is 0. The SMILES string of the molecule is O=C(OC1CCCCC1O)C(F)(F)S(=O)O. The van der Waals surface area contributed by atoms with Crippen molar-refractivity contribution in [3.63, 3.8) is 0 Å². The molecule has 3 atom stereocenters. The van der Waals surface area contributed by atoms with Crippen molar-refractivity contribution in [1.29, 1.82) is 0 Å². The number of esters is 1. The molecular formula is C8H12F2O5S. The normalized spacial score (nSPS) is 28.5. The first kappa shape index (κ1) is 13.5. The van der Waals surface area contributed by atoms with Crippen LogP contribution in [-0.4, -0.2) is 37.3 Å². The molecule has 94 valence electrons. The van der Waals surface area contributed by atoms with E-state index >= 15 is 0 Å². The highest BCUT2D eigenvalue weighted by molar-refractivity contribution is 7.81. The first-order valence-corrected chi connectivity index (χ1v) is 5.84. The number of carbonyl (C=O) groups excluding carboxylic acids is 1. The number of ether oxygens (including phenoxy) is 1. The Balaban J connectivity index is 2.59. The standard InChI is InChI=1S/C8H12F2O5S/c9-8(10,16(13)14)7(12)15-6-4-2-1-3-5(6)11/h5-6,11H,1-4H2,(H,13,14). The number of alkyl halides is 2. The van der Waals surface area contributed by atoms with Gasteiger partial charge in [-0.2, -0.15) is 8.78 Å². The predicted molar refractivity (Wildman–Crippen MR) is 50.1 cm³/mol. The van der Waals surface area contributed by atoms with Gasteiger partial charge in [-0.05, 0) is 19.3 Å². The summed E-state index contributed by atoms with van der Waals surface area (Å²) in [4.78, 5) is 10.9. The van der Waals surface area contributed by atoms with E-state index in [4.69, 9.17) is 4.55 Å². The van der Waals surface area contributed by atoms with E-state index in [1.54, 1.807) is 0 Å². The lowest BCUT2D eigenvalue weighted by Crippen LogP contribution is -2.42. The summed E-state index contributed by atoms with van der Waals surface area (Å²) < 4.78 is 48.2. The van der Waals surface area contributed by atoms with E-state index in [-0.39, 0.29) is 6.42 Å². The molecule has 1 aliphatic carbocycles. The molecule has 1 fully saturated rings. The monoisotopic (exact) mass is 258 g/mol. The van der Waals surface area contributed by atoms with Crippen molar-refractivity contribution in [3.05, 3.63) is 0 Å². The van der Waals surface area contributed by atoms with Crippen LogP contribution in [0, 0.1) is 0 Å². The zero-order valence-corrected chi connectivity index (χ0v) is 9.08. The van der Waals surface area contributed by atoms with Crippen LogP contribution in [0.2, 0.25) is 0 Å². The van der Waals surface area contributed by atoms with Crippen molar-refractivity contribution in [2.45, 2.75) is 43.1 Å². The molecule has 0 radical (unpaired) electrons. The summed E-state index contributed by atoms with van der Waals surface area (Å²) in [5.41, 5.74) is 0. The second-order valence-corrected chi connectivity index (χ2v) is 4.57. The fourth-order valence-corrected chi connectivity index (χ4v) is 1.68. The molecule has 0 aromatic heterocycles. The molecule has 0 spiro atoms. The largest absolute Gasteiger partial charge is 0.454 e. The van der Waals surface area contributed by atoms with Gasteiger partial charge in [0.2, 0.25) is 11.1 Å². The van der Waals surface area contributed by atoms with Crippen molar-refractivity contribution in [3.8, 4) is 0 Å². The molecule has 5 nitrogen and oxygen atoms in total. The van der Waals surface area contributed by atoms with Crippen molar-refractivity contribution < 1.29 is 32.2 Å². The maximum Gasteiger partial charge on any atom is 0.439 e. The predicted octanol–water partition coefficient (Wildman–Crippen LogP) is 0.648. The highest BCUT2D eigenvalue weighted by Crippen LogP contribution is 2.25. The van der Waals surface area contributed by atoms with Crippen LogP contribution >= 0.6 is 0 Å². The molecule has 2 N–H and O–H groups in total. The number of hydrogen-bond donors (Lipinski definition) is 2. The van der Waals surface area contributed by atoms with Gasteiger partial charge in [0.1, 0.15) is 6.10 Å².